The van der Waals surface area contributed by atoms with Gasteiger partial charge in [-0.3, -0.25) is 9.21 Å². The van der Waals surface area contributed by atoms with E-state index in [0.29, 0.717) is 30.2 Å². The van der Waals surface area contributed by atoms with Crippen molar-refractivity contribution in [2.75, 3.05) is 41.0 Å². The first-order chi connectivity index (χ1) is 12.8. The van der Waals surface area contributed by atoms with E-state index in [-0.39, 0.29) is 6.03 Å². The van der Waals surface area contributed by atoms with Crippen molar-refractivity contribution < 1.29 is 17.9 Å². The highest BCUT2D eigenvalue weighted by Crippen LogP contribution is 2.27. The summed E-state index contributed by atoms with van der Waals surface area (Å²) in [4.78, 5) is 14.4. The van der Waals surface area contributed by atoms with Crippen LogP contribution in [0.2, 0.25) is 0 Å². The third-order valence-corrected chi connectivity index (χ3v) is 5.19. The number of carbonyl (C=O) groups is 1. The third-order valence-electron chi connectivity index (χ3n) is 4.00. The number of urea groups is 1. The topological polar surface area (TPSA) is 79.0 Å². The van der Waals surface area contributed by atoms with Crippen molar-refractivity contribution in [3.8, 4) is 5.75 Å². The van der Waals surface area contributed by atoms with Crippen LogP contribution in [0.3, 0.4) is 0 Å². The normalized spacial score (nSPS) is 11.0. The van der Waals surface area contributed by atoms with E-state index >= 15 is 0 Å². The highest BCUT2D eigenvalue weighted by molar-refractivity contribution is 7.92. The quantitative estimate of drug-likeness (QED) is 0.783. The zero-order chi connectivity index (χ0) is 20.0. The van der Waals surface area contributed by atoms with Gasteiger partial charge in [0.15, 0.2) is 0 Å². The number of ether oxygens (including phenoxy) is 1. The summed E-state index contributed by atoms with van der Waals surface area (Å²) in [5.74, 6) is 0.734. The largest absolute Gasteiger partial charge is 0.494 e. The lowest BCUT2D eigenvalue weighted by atomic mass is 10.2. The molecule has 2 amide bonds. The van der Waals surface area contributed by atoms with Crippen LogP contribution in [0.25, 0.3) is 0 Å². The van der Waals surface area contributed by atoms with Gasteiger partial charge in [0, 0.05) is 19.3 Å². The maximum atomic E-state index is 12.8. The lowest BCUT2D eigenvalue weighted by molar-refractivity contribution is 0.257. The van der Waals surface area contributed by atoms with Crippen LogP contribution in [0, 0.1) is 0 Å². The van der Waals surface area contributed by atoms with Crippen molar-refractivity contribution in [3.63, 3.8) is 0 Å². The molecule has 0 saturated heterocycles. The maximum absolute atomic E-state index is 12.8. The molecule has 2 aromatic carbocycles. The van der Waals surface area contributed by atoms with E-state index in [1.165, 1.54) is 7.05 Å². The van der Waals surface area contributed by atoms with Gasteiger partial charge in [-0.15, -0.1) is 0 Å². The van der Waals surface area contributed by atoms with Crippen LogP contribution in [0.4, 0.5) is 21.9 Å². The first-order valence-electron chi connectivity index (χ1n) is 8.62. The minimum atomic E-state index is -3.45. The Morgan fingerprint density at radius 1 is 1.07 bits per heavy atom. The average Bonchev–Trinajstić information content (AvgIpc) is 2.63. The van der Waals surface area contributed by atoms with Gasteiger partial charge in [-0.2, -0.15) is 0 Å². The molecule has 0 unspecified atom stereocenters. The highest BCUT2D eigenvalue weighted by Gasteiger charge is 2.19. The van der Waals surface area contributed by atoms with Gasteiger partial charge in [-0.05, 0) is 50.2 Å². The summed E-state index contributed by atoms with van der Waals surface area (Å²) >= 11 is 0. The van der Waals surface area contributed by atoms with E-state index in [9.17, 15) is 13.2 Å². The second-order valence-corrected chi connectivity index (χ2v) is 7.86. The Labute approximate surface area is 160 Å². The molecule has 0 spiro atoms. The molecule has 0 saturated carbocycles. The molecule has 0 fully saturated rings. The van der Waals surface area contributed by atoms with Crippen molar-refractivity contribution in [2.24, 2.45) is 0 Å². The molecule has 7 nitrogen and oxygen atoms in total. The Balaban J connectivity index is 2.25. The number of nitrogens with one attached hydrogen (secondary N) is 1. The van der Waals surface area contributed by atoms with Gasteiger partial charge in [-0.25, -0.2) is 13.2 Å². The smallest absolute Gasteiger partial charge is 0.326 e. The van der Waals surface area contributed by atoms with E-state index in [1.807, 2.05) is 26.0 Å². The summed E-state index contributed by atoms with van der Waals surface area (Å²) in [6, 6.07) is 13.6. The molecule has 0 aliphatic rings. The molecule has 0 radical (unpaired) electrons. The summed E-state index contributed by atoms with van der Waals surface area (Å²) < 4.78 is 30.3. The Morgan fingerprint density at radius 3 is 2.26 bits per heavy atom. The second kappa shape index (κ2) is 8.77. The van der Waals surface area contributed by atoms with Gasteiger partial charge >= 0.3 is 6.03 Å². The van der Waals surface area contributed by atoms with Crippen molar-refractivity contribution >= 4 is 33.1 Å². The van der Waals surface area contributed by atoms with Crippen LogP contribution < -0.4 is 19.3 Å². The van der Waals surface area contributed by atoms with Crippen LogP contribution in [0.5, 0.6) is 5.75 Å². The Morgan fingerprint density at radius 2 is 1.70 bits per heavy atom. The summed E-state index contributed by atoms with van der Waals surface area (Å²) in [6.45, 7) is 4.79. The first kappa shape index (κ1) is 20.6. The molecule has 2 rings (SSSR count). The number of carbonyl (C=O) groups excluding carboxylic acids is 1. The number of anilines is 3. The Hall–Kier alpha value is -2.74. The summed E-state index contributed by atoms with van der Waals surface area (Å²) in [7, 11) is -2.00. The molecule has 0 atom stereocenters. The fourth-order valence-electron chi connectivity index (χ4n) is 2.55. The lowest BCUT2D eigenvalue weighted by Gasteiger charge is -2.24. The Bertz CT molecular complexity index is 882. The van der Waals surface area contributed by atoms with Crippen LogP contribution in [-0.2, 0) is 10.0 Å². The fraction of sp³-hybridized carbons (Fsp3) is 0.316. The summed E-state index contributed by atoms with van der Waals surface area (Å²) in [5.41, 5.74) is 1.53. The van der Waals surface area contributed by atoms with Crippen LogP contribution in [0.15, 0.2) is 48.5 Å². The van der Waals surface area contributed by atoms with Crippen LogP contribution in [-0.4, -0.2) is 40.9 Å². The first-order valence-corrected chi connectivity index (χ1v) is 10.5. The predicted octanol–water partition coefficient (Wildman–Crippen LogP) is 3.54. The summed E-state index contributed by atoms with van der Waals surface area (Å²) in [6.07, 6.45) is 1.11. The van der Waals surface area contributed by atoms with Crippen molar-refractivity contribution in [1.29, 1.82) is 0 Å². The minimum absolute atomic E-state index is 0.351. The van der Waals surface area contributed by atoms with Gasteiger partial charge in [0.2, 0.25) is 10.0 Å². The van der Waals surface area contributed by atoms with Gasteiger partial charge in [0.25, 0.3) is 0 Å². The van der Waals surface area contributed by atoms with Crippen molar-refractivity contribution in [1.82, 2.24) is 0 Å². The molecule has 0 heterocycles. The van der Waals surface area contributed by atoms with Crippen molar-refractivity contribution in [3.05, 3.63) is 48.5 Å². The number of sulfonamides is 1. The van der Waals surface area contributed by atoms with E-state index in [2.05, 4.69) is 5.32 Å². The number of hydrogen-bond donors (Lipinski definition) is 1. The molecule has 2 aromatic rings. The molecule has 1 N–H and O–H groups in total. The zero-order valence-electron chi connectivity index (χ0n) is 16.0. The summed E-state index contributed by atoms with van der Waals surface area (Å²) in [5, 5.41) is 2.80. The van der Waals surface area contributed by atoms with E-state index in [0.717, 1.165) is 16.3 Å². The van der Waals surface area contributed by atoms with Gasteiger partial charge in [-0.1, -0.05) is 12.1 Å². The van der Waals surface area contributed by atoms with Crippen molar-refractivity contribution in [2.45, 2.75) is 13.8 Å². The average molecular weight is 391 g/mol. The van der Waals surface area contributed by atoms with E-state index in [1.54, 1.807) is 41.3 Å². The predicted molar refractivity (Wildman–Crippen MR) is 109 cm³/mol. The number of hydrogen-bond acceptors (Lipinski definition) is 4. The van der Waals surface area contributed by atoms with E-state index in [4.69, 9.17) is 4.74 Å². The van der Waals surface area contributed by atoms with E-state index < -0.39 is 10.0 Å². The van der Waals surface area contributed by atoms with Gasteiger partial charge in [0.05, 0.1) is 24.2 Å². The molecule has 0 aliphatic heterocycles. The molecule has 0 aromatic heterocycles. The standard InChI is InChI=1S/C19H25N3O4S/c1-5-22(15-11-13-16(14-12-15)26-6-2)19(23)20-17-9-7-8-10-18(17)21(3)27(4,24)25/h7-14H,5-6H2,1-4H3,(H,20,23). The molecule has 0 aliphatic carbocycles. The number of nitrogens with zero attached hydrogens (tertiary/aromatic N) is 2. The number of amides is 2. The number of rotatable bonds is 7. The van der Waals surface area contributed by atoms with Crippen LogP contribution in [0.1, 0.15) is 13.8 Å². The fourth-order valence-corrected chi connectivity index (χ4v) is 3.06. The van der Waals surface area contributed by atoms with Crippen LogP contribution >= 0.6 is 0 Å². The lowest BCUT2D eigenvalue weighted by Crippen LogP contribution is -2.35. The third kappa shape index (κ3) is 5.13. The molecular formula is C19H25N3O4S. The zero-order valence-corrected chi connectivity index (χ0v) is 16.8. The van der Waals surface area contributed by atoms with Gasteiger partial charge < -0.3 is 10.1 Å². The minimum Gasteiger partial charge on any atom is -0.494 e. The molecule has 0 bridgehead atoms. The SMILES string of the molecule is CCOc1ccc(N(CC)C(=O)Nc2ccccc2N(C)S(C)(=O)=O)cc1. The number of para-hydroxylation sites is 2. The second-order valence-electron chi connectivity index (χ2n) is 5.85. The monoisotopic (exact) mass is 391 g/mol. The molecular weight excluding hydrogens is 366 g/mol. The maximum Gasteiger partial charge on any atom is 0.326 e. The molecule has 8 heteroatoms. The molecule has 27 heavy (non-hydrogen) atoms. The highest BCUT2D eigenvalue weighted by atomic mass is 32.2. The van der Waals surface area contributed by atoms with Gasteiger partial charge in [0.1, 0.15) is 5.75 Å². The Kier molecular flexibility index (Phi) is 6.68. The molecule has 146 valence electrons. The number of benzene rings is 2.